The van der Waals surface area contributed by atoms with Gasteiger partial charge in [0.2, 0.25) is 0 Å². The van der Waals surface area contributed by atoms with E-state index in [9.17, 15) is 0 Å². The Balaban J connectivity index is 2.62. The first-order valence-corrected chi connectivity index (χ1v) is 8.08. The molecule has 0 bridgehead atoms. The van der Waals surface area contributed by atoms with E-state index in [0.717, 1.165) is 18.2 Å². The van der Waals surface area contributed by atoms with Gasteiger partial charge < -0.3 is 8.85 Å². The molecule has 1 saturated carbocycles. The Morgan fingerprint density at radius 1 is 1.14 bits per heavy atom. The predicted octanol–water partition coefficient (Wildman–Crippen LogP) is 3.47. The van der Waals surface area contributed by atoms with E-state index in [-0.39, 0.29) is 0 Å². The van der Waals surface area contributed by atoms with Crippen molar-refractivity contribution in [2.24, 2.45) is 0 Å². The maximum absolute atomic E-state index is 5.98. The zero-order valence-electron chi connectivity index (χ0n) is 9.84. The number of rotatable bonds is 5. The highest BCUT2D eigenvalue weighted by Crippen LogP contribution is 2.39. The third-order valence-electron chi connectivity index (χ3n) is 3.45. The van der Waals surface area contributed by atoms with Crippen molar-refractivity contribution >= 4 is 8.56 Å². The second-order valence-electron chi connectivity index (χ2n) is 4.14. The monoisotopic (exact) mass is 216 g/mol. The molecule has 0 aliphatic heterocycles. The lowest BCUT2D eigenvalue weighted by Gasteiger charge is -2.37. The Kier molecular flexibility index (Phi) is 5.13. The molecular weight excluding hydrogens is 192 g/mol. The summed E-state index contributed by atoms with van der Waals surface area (Å²) in [6.45, 7) is 5.11. The molecule has 1 atom stereocenters. The molecule has 0 aromatic carbocycles. The molecule has 0 saturated heterocycles. The topological polar surface area (TPSA) is 18.5 Å². The molecule has 0 aromatic rings. The molecule has 2 nitrogen and oxygen atoms in total. The molecule has 1 aliphatic carbocycles. The number of hydrogen-bond acceptors (Lipinski definition) is 2. The van der Waals surface area contributed by atoms with Crippen molar-refractivity contribution in [2.45, 2.75) is 57.5 Å². The molecule has 14 heavy (non-hydrogen) atoms. The van der Waals surface area contributed by atoms with Crippen molar-refractivity contribution in [2.75, 3.05) is 13.7 Å². The first kappa shape index (κ1) is 12.2. The van der Waals surface area contributed by atoms with E-state index in [4.69, 9.17) is 8.85 Å². The van der Waals surface area contributed by atoms with E-state index in [1.54, 1.807) is 0 Å². The minimum Gasteiger partial charge on any atom is -0.397 e. The highest BCUT2D eigenvalue weighted by atomic mass is 28.4. The first-order valence-electron chi connectivity index (χ1n) is 5.98. The third kappa shape index (κ3) is 2.58. The van der Waals surface area contributed by atoms with Gasteiger partial charge in [-0.25, -0.2) is 0 Å². The number of hydrogen-bond donors (Lipinski definition) is 0. The van der Waals surface area contributed by atoms with Crippen LogP contribution >= 0.6 is 0 Å². The predicted molar refractivity (Wildman–Crippen MR) is 61.7 cm³/mol. The van der Waals surface area contributed by atoms with Crippen LogP contribution in [0.5, 0.6) is 0 Å². The van der Waals surface area contributed by atoms with Crippen LogP contribution in [0, 0.1) is 0 Å². The summed E-state index contributed by atoms with van der Waals surface area (Å²) in [6, 6.07) is 1.10. The zero-order chi connectivity index (χ0) is 10.4. The van der Waals surface area contributed by atoms with Gasteiger partial charge in [0, 0.05) is 19.3 Å². The second kappa shape index (κ2) is 5.88. The Morgan fingerprint density at radius 2 is 1.79 bits per heavy atom. The van der Waals surface area contributed by atoms with Gasteiger partial charge in [-0.1, -0.05) is 26.2 Å². The maximum Gasteiger partial charge on any atom is 0.340 e. The smallest absolute Gasteiger partial charge is 0.340 e. The van der Waals surface area contributed by atoms with E-state index < -0.39 is 8.56 Å². The standard InChI is InChI=1S/C11H24O2Si/c1-4-13-14(5-2,12-3)11-9-7-6-8-10-11/h11H,4-10H2,1-3H3. The Morgan fingerprint density at radius 3 is 2.21 bits per heavy atom. The van der Waals surface area contributed by atoms with E-state index in [2.05, 4.69) is 13.8 Å². The summed E-state index contributed by atoms with van der Waals surface area (Å²) in [5.41, 5.74) is 0.742. The summed E-state index contributed by atoms with van der Waals surface area (Å²) in [7, 11) is 0.00461. The van der Waals surface area contributed by atoms with Crippen LogP contribution in [0.4, 0.5) is 0 Å². The van der Waals surface area contributed by atoms with E-state index in [1.807, 2.05) is 7.11 Å². The van der Waals surface area contributed by atoms with Crippen LogP contribution < -0.4 is 0 Å². The molecule has 0 spiro atoms. The summed E-state index contributed by atoms with van der Waals surface area (Å²) in [5, 5.41) is 0. The normalized spacial score (nSPS) is 23.4. The van der Waals surface area contributed by atoms with Gasteiger partial charge in [0.05, 0.1) is 0 Å². The van der Waals surface area contributed by atoms with Crippen LogP contribution in [0.15, 0.2) is 0 Å². The van der Waals surface area contributed by atoms with Crippen molar-refractivity contribution in [1.82, 2.24) is 0 Å². The van der Waals surface area contributed by atoms with Crippen molar-refractivity contribution < 1.29 is 8.85 Å². The fourth-order valence-electron chi connectivity index (χ4n) is 2.67. The average Bonchev–Trinajstić information content (AvgIpc) is 2.27. The van der Waals surface area contributed by atoms with Crippen LogP contribution in [0.2, 0.25) is 11.6 Å². The van der Waals surface area contributed by atoms with Gasteiger partial charge >= 0.3 is 8.56 Å². The summed E-state index contributed by atoms with van der Waals surface area (Å²) < 4.78 is 11.8. The summed E-state index contributed by atoms with van der Waals surface area (Å²) in [4.78, 5) is 0. The molecule has 0 N–H and O–H groups in total. The fourth-order valence-corrected chi connectivity index (χ4v) is 6.20. The quantitative estimate of drug-likeness (QED) is 0.655. The molecule has 1 rings (SSSR count). The molecular formula is C11H24O2Si. The summed E-state index contributed by atoms with van der Waals surface area (Å²) in [5.74, 6) is 0. The fraction of sp³-hybridized carbons (Fsp3) is 1.00. The van der Waals surface area contributed by atoms with Gasteiger partial charge in [0.25, 0.3) is 0 Å². The van der Waals surface area contributed by atoms with Crippen LogP contribution in [-0.2, 0) is 8.85 Å². The van der Waals surface area contributed by atoms with Gasteiger partial charge in [-0.3, -0.25) is 0 Å². The maximum atomic E-state index is 5.98. The van der Waals surface area contributed by atoms with Gasteiger partial charge in [0.1, 0.15) is 0 Å². The van der Waals surface area contributed by atoms with Gasteiger partial charge in [-0.2, -0.15) is 0 Å². The Hall–Kier alpha value is 0.137. The SMILES string of the molecule is CCO[Si](CC)(OC)C1CCCCC1. The zero-order valence-corrected chi connectivity index (χ0v) is 10.8. The third-order valence-corrected chi connectivity index (χ3v) is 7.73. The molecule has 1 unspecified atom stereocenters. The molecule has 84 valence electrons. The lowest BCUT2D eigenvalue weighted by Crippen LogP contribution is -2.46. The molecule has 0 heterocycles. The minimum atomic E-state index is -1.84. The summed E-state index contributed by atoms with van der Waals surface area (Å²) >= 11 is 0. The van der Waals surface area contributed by atoms with Crippen molar-refractivity contribution in [3.05, 3.63) is 0 Å². The van der Waals surface area contributed by atoms with Crippen LogP contribution in [0.25, 0.3) is 0 Å². The minimum absolute atomic E-state index is 0.742. The lowest BCUT2D eigenvalue weighted by molar-refractivity contribution is 0.188. The molecule has 3 heteroatoms. The van der Waals surface area contributed by atoms with E-state index >= 15 is 0 Å². The molecule has 1 aliphatic rings. The first-order chi connectivity index (χ1) is 6.79. The van der Waals surface area contributed by atoms with Gasteiger partial charge in [-0.05, 0) is 25.8 Å². The largest absolute Gasteiger partial charge is 0.397 e. The second-order valence-corrected chi connectivity index (χ2v) is 7.98. The van der Waals surface area contributed by atoms with Crippen molar-refractivity contribution in [3.63, 3.8) is 0 Å². The van der Waals surface area contributed by atoms with Crippen LogP contribution in [0.3, 0.4) is 0 Å². The highest BCUT2D eigenvalue weighted by molar-refractivity contribution is 6.68. The van der Waals surface area contributed by atoms with Crippen LogP contribution in [-0.4, -0.2) is 22.3 Å². The molecule has 0 amide bonds. The molecule has 0 radical (unpaired) electrons. The van der Waals surface area contributed by atoms with Crippen molar-refractivity contribution in [3.8, 4) is 0 Å². The average molecular weight is 216 g/mol. The lowest BCUT2D eigenvalue weighted by atomic mass is 10.0. The van der Waals surface area contributed by atoms with Gasteiger partial charge in [-0.15, -0.1) is 0 Å². The van der Waals surface area contributed by atoms with Crippen molar-refractivity contribution in [1.29, 1.82) is 0 Å². The highest BCUT2D eigenvalue weighted by Gasteiger charge is 2.43. The van der Waals surface area contributed by atoms with Gasteiger partial charge in [0.15, 0.2) is 0 Å². The molecule has 1 fully saturated rings. The summed E-state index contributed by atoms with van der Waals surface area (Å²) in [6.07, 6.45) is 6.80. The van der Waals surface area contributed by atoms with E-state index in [1.165, 1.54) is 32.1 Å². The Labute approximate surface area is 89.2 Å². The Bertz CT molecular complexity index is 151. The molecule has 0 aromatic heterocycles. The van der Waals surface area contributed by atoms with Crippen LogP contribution in [0.1, 0.15) is 46.0 Å². The van der Waals surface area contributed by atoms with E-state index in [0.29, 0.717) is 0 Å².